The molecule has 0 bridgehead atoms. The van der Waals surface area contributed by atoms with Gasteiger partial charge in [-0.05, 0) is 50.8 Å². The smallest absolute Gasteiger partial charge is 0.261 e. The topological polar surface area (TPSA) is 51.2 Å². The summed E-state index contributed by atoms with van der Waals surface area (Å²) in [5.41, 5.74) is 7.24. The summed E-state index contributed by atoms with van der Waals surface area (Å²) in [6, 6.07) is 16.1. The number of pyridine rings is 1. The Morgan fingerprint density at radius 2 is 1.76 bits per heavy atom. The highest BCUT2D eigenvalue weighted by molar-refractivity contribution is 6.07. The molecule has 0 atom stereocenters. The Kier molecular flexibility index (Phi) is 6.32. The normalized spacial score (nSPS) is 10.7. The van der Waals surface area contributed by atoms with Gasteiger partial charge in [-0.15, -0.1) is 0 Å². The predicted molar refractivity (Wildman–Crippen MR) is 118 cm³/mol. The van der Waals surface area contributed by atoms with E-state index in [-0.39, 0.29) is 5.91 Å². The van der Waals surface area contributed by atoms with Crippen LogP contribution >= 0.6 is 0 Å². The van der Waals surface area contributed by atoms with Crippen LogP contribution in [0.15, 0.2) is 48.5 Å². The van der Waals surface area contributed by atoms with Crippen molar-refractivity contribution >= 4 is 11.6 Å². The summed E-state index contributed by atoms with van der Waals surface area (Å²) in [6.07, 6.45) is 0.846. The number of aryl methyl sites for hydroxylation is 5. The molecule has 0 aliphatic carbocycles. The second-order valence-electron chi connectivity index (χ2n) is 7.41. The molecule has 2 aromatic carbocycles. The zero-order valence-electron chi connectivity index (χ0n) is 17.8. The van der Waals surface area contributed by atoms with Crippen molar-refractivity contribution in [2.45, 2.75) is 47.6 Å². The second-order valence-corrected chi connectivity index (χ2v) is 7.41. The van der Waals surface area contributed by atoms with Gasteiger partial charge in [0.25, 0.3) is 5.91 Å². The van der Waals surface area contributed by atoms with Gasteiger partial charge in [-0.1, -0.05) is 55.0 Å². The fourth-order valence-electron chi connectivity index (χ4n) is 3.41. The van der Waals surface area contributed by atoms with Gasteiger partial charge in [-0.2, -0.15) is 0 Å². The lowest BCUT2D eigenvalue weighted by molar-refractivity contribution is 0.102. The minimum absolute atomic E-state index is 0.196. The Bertz CT molecular complexity index is 1020. The van der Waals surface area contributed by atoms with E-state index in [9.17, 15) is 4.79 Å². The van der Waals surface area contributed by atoms with Gasteiger partial charge in [-0.3, -0.25) is 9.78 Å². The number of nitrogens with one attached hydrogen (secondary N) is 1. The molecule has 0 saturated heterocycles. The first-order valence-electron chi connectivity index (χ1n) is 9.95. The van der Waals surface area contributed by atoms with Crippen LogP contribution in [-0.4, -0.2) is 10.9 Å². The van der Waals surface area contributed by atoms with Crippen molar-refractivity contribution < 1.29 is 9.53 Å². The molecule has 1 heterocycles. The number of aromatic nitrogens is 1. The average Bonchev–Trinajstić information content (AvgIpc) is 2.68. The number of para-hydroxylation sites is 1. The summed E-state index contributed by atoms with van der Waals surface area (Å²) in [6.45, 7) is 10.3. The number of nitrogens with zero attached hydrogens (tertiary/aromatic N) is 1. The minimum atomic E-state index is -0.196. The van der Waals surface area contributed by atoms with Crippen LogP contribution in [0.3, 0.4) is 0 Å². The molecule has 0 aliphatic heterocycles. The molecule has 1 N–H and O–H groups in total. The molecular formula is C25H28N2O2. The van der Waals surface area contributed by atoms with E-state index in [0.717, 1.165) is 34.5 Å². The van der Waals surface area contributed by atoms with Crippen molar-refractivity contribution in [3.8, 4) is 5.75 Å². The van der Waals surface area contributed by atoms with Gasteiger partial charge in [0.1, 0.15) is 17.9 Å². The highest BCUT2D eigenvalue weighted by atomic mass is 16.5. The van der Waals surface area contributed by atoms with Gasteiger partial charge >= 0.3 is 0 Å². The third kappa shape index (κ3) is 4.83. The number of ether oxygens (including phenoxy) is 1. The Morgan fingerprint density at radius 1 is 1.03 bits per heavy atom. The number of carbonyl (C=O) groups excluding carboxylic acids is 1. The number of hydrogen-bond donors (Lipinski definition) is 1. The molecule has 3 rings (SSSR count). The zero-order chi connectivity index (χ0) is 21.0. The maximum atomic E-state index is 13.2. The van der Waals surface area contributed by atoms with E-state index in [1.54, 1.807) is 0 Å². The fourth-order valence-corrected chi connectivity index (χ4v) is 3.41. The fraction of sp³-hybridized carbons (Fsp3) is 0.280. The van der Waals surface area contributed by atoms with Crippen molar-refractivity contribution in [2.24, 2.45) is 0 Å². The molecule has 4 nitrogen and oxygen atoms in total. The van der Waals surface area contributed by atoms with Crippen molar-refractivity contribution in [1.82, 2.24) is 4.98 Å². The lowest BCUT2D eigenvalue weighted by Crippen LogP contribution is -2.18. The first-order chi connectivity index (χ1) is 13.9. The van der Waals surface area contributed by atoms with Crippen molar-refractivity contribution in [3.05, 3.63) is 87.7 Å². The highest BCUT2D eigenvalue weighted by Gasteiger charge is 2.19. The number of benzene rings is 2. The first kappa shape index (κ1) is 20.6. The van der Waals surface area contributed by atoms with Gasteiger partial charge in [-0.25, -0.2) is 0 Å². The standard InChI is InChI=1S/C25H28N2O2/c1-6-21-9-7-8-17(3)24(21)27-25(28)23-19(5)26-18(4)14-22(23)29-15-20-12-10-16(2)11-13-20/h7-14H,6,15H2,1-5H3,(H,27,28). The molecule has 0 fully saturated rings. The van der Waals surface area contributed by atoms with Crippen molar-refractivity contribution in [2.75, 3.05) is 5.32 Å². The monoisotopic (exact) mass is 388 g/mol. The van der Waals surface area contributed by atoms with Crippen LogP contribution < -0.4 is 10.1 Å². The predicted octanol–water partition coefficient (Wildman–Crippen LogP) is 5.71. The number of hydrogen-bond acceptors (Lipinski definition) is 3. The molecule has 1 aromatic heterocycles. The highest BCUT2D eigenvalue weighted by Crippen LogP contribution is 2.27. The van der Waals surface area contributed by atoms with E-state index in [0.29, 0.717) is 23.6 Å². The molecule has 1 amide bonds. The Hall–Kier alpha value is -3.14. The number of carbonyl (C=O) groups is 1. The quantitative estimate of drug-likeness (QED) is 0.588. The Morgan fingerprint density at radius 3 is 2.45 bits per heavy atom. The van der Waals surface area contributed by atoms with E-state index >= 15 is 0 Å². The molecule has 0 spiro atoms. The van der Waals surface area contributed by atoms with E-state index in [1.807, 2.05) is 57.2 Å². The van der Waals surface area contributed by atoms with Gasteiger partial charge in [0.15, 0.2) is 0 Å². The molecule has 0 radical (unpaired) electrons. The summed E-state index contributed by atoms with van der Waals surface area (Å²) in [7, 11) is 0. The average molecular weight is 389 g/mol. The van der Waals surface area contributed by atoms with Crippen LogP contribution in [0.2, 0.25) is 0 Å². The summed E-state index contributed by atoms with van der Waals surface area (Å²) in [4.78, 5) is 17.7. The van der Waals surface area contributed by atoms with E-state index in [4.69, 9.17) is 4.74 Å². The molecular weight excluding hydrogens is 360 g/mol. The maximum Gasteiger partial charge on any atom is 0.261 e. The van der Waals surface area contributed by atoms with Gasteiger partial charge in [0, 0.05) is 17.4 Å². The molecule has 0 aliphatic rings. The molecule has 3 aromatic rings. The number of amides is 1. The molecule has 29 heavy (non-hydrogen) atoms. The molecule has 4 heteroatoms. The van der Waals surface area contributed by atoms with Gasteiger partial charge < -0.3 is 10.1 Å². The van der Waals surface area contributed by atoms with Crippen LogP contribution in [-0.2, 0) is 13.0 Å². The molecule has 150 valence electrons. The zero-order valence-corrected chi connectivity index (χ0v) is 17.8. The van der Waals surface area contributed by atoms with Crippen molar-refractivity contribution in [1.29, 1.82) is 0 Å². The largest absolute Gasteiger partial charge is 0.488 e. The van der Waals surface area contributed by atoms with Crippen LogP contribution in [0, 0.1) is 27.7 Å². The maximum absolute atomic E-state index is 13.2. The second kappa shape index (κ2) is 8.91. The summed E-state index contributed by atoms with van der Waals surface area (Å²) in [5, 5.41) is 3.09. The lowest BCUT2D eigenvalue weighted by Gasteiger charge is -2.17. The van der Waals surface area contributed by atoms with E-state index in [2.05, 4.69) is 36.3 Å². The third-order valence-electron chi connectivity index (χ3n) is 5.01. The minimum Gasteiger partial charge on any atom is -0.488 e. The van der Waals surface area contributed by atoms with Crippen LogP contribution in [0.4, 0.5) is 5.69 Å². The summed E-state index contributed by atoms with van der Waals surface area (Å²) < 4.78 is 6.07. The molecule has 0 unspecified atom stereocenters. The number of anilines is 1. The summed E-state index contributed by atoms with van der Waals surface area (Å²) >= 11 is 0. The van der Waals surface area contributed by atoms with E-state index < -0.39 is 0 Å². The van der Waals surface area contributed by atoms with Crippen LogP contribution in [0.1, 0.15) is 50.9 Å². The first-order valence-corrected chi connectivity index (χ1v) is 9.95. The van der Waals surface area contributed by atoms with Crippen LogP contribution in [0.5, 0.6) is 5.75 Å². The Balaban J connectivity index is 1.90. The van der Waals surface area contributed by atoms with Crippen LogP contribution in [0.25, 0.3) is 0 Å². The van der Waals surface area contributed by atoms with E-state index in [1.165, 1.54) is 5.56 Å². The molecule has 0 saturated carbocycles. The van der Waals surface area contributed by atoms with Gasteiger partial charge in [0.05, 0.1) is 5.69 Å². The lowest BCUT2D eigenvalue weighted by atomic mass is 10.0. The summed E-state index contributed by atoms with van der Waals surface area (Å²) in [5.74, 6) is 0.359. The SMILES string of the molecule is CCc1cccc(C)c1NC(=O)c1c(OCc2ccc(C)cc2)cc(C)nc1C. The van der Waals surface area contributed by atoms with Crippen molar-refractivity contribution in [3.63, 3.8) is 0 Å². The third-order valence-corrected chi connectivity index (χ3v) is 5.01. The number of rotatable bonds is 6. The van der Waals surface area contributed by atoms with Gasteiger partial charge in [0.2, 0.25) is 0 Å². The Labute approximate surface area is 173 Å².